The lowest BCUT2D eigenvalue weighted by Gasteiger charge is -2.23. The molecule has 1 atom stereocenters. The molecule has 1 aliphatic heterocycles. The van der Waals surface area contributed by atoms with Crippen molar-refractivity contribution in [3.63, 3.8) is 0 Å². The molecule has 5 heteroatoms. The van der Waals surface area contributed by atoms with Gasteiger partial charge in [-0.25, -0.2) is 4.79 Å². The fourth-order valence-corrected chi connectivity index (χ4v) is 3.46. The van der Waals surface area contributed by atoms with Crippen LogP contribution >= 0.6 is 0 Å². The van der Waals surface area contributed by atoms with Gasteiger partial charge in [-0.05, 0) is 49.1 Å². The minimum Gasteiger partial charge on any atom is -0.423 e. The van der Waals surface area contributed by atoms with Gasteiger partial charge in [0, 0.05) is 24.5 Å². The number of likely N-dealkylation sites (tertiary alicyclic amines) is 1. The Bertz CT molecular complexity index is 797. The van der Waals surface area contributed by atoms with Gasteiger partial charge in [0.1, 0.15) is 5.58 Å². The topological polar surface area (TPSA) is 76.5 Å². The maximum Gasteiger partial charge on any atom is 0.336 e. The standard InChI is InChI=1S/C19H24N2O3/c1-2-13-6-7-17-16(9-13)15(10-18(22)24-17)12-21-8-4-3-5-14(11-21)19(20)23/h6-7,9-10,14H,2-5,8,11-12H2,1H3,(H2,20,23). The summed E-state index contributed by atoms with van der Waals surface area (Å²) in [5.74, 6) is -0.335. The number of fused-ring (bicyclic) bond motifs is 1. The van der Waals surface area contributed by atoms with Gasteiger partial charge in [0.15, 0.2) is 0 Å². The van der Waals surface area contributed by atoms with E-state index in [9.17, 15) is 9.59 Å². The molecule has 1 aliphatic rings. The number of nitrogens with zero attached hydrogens (tertiary/aromatic N) is 1. The Labute approximate surface area is 141 Å². The predicted octanol–water partition coefficient (Wildman–Crippen LogP) is 2.44. The van der Waals surface area contributed by atoms with E-state index in [1.165, 1.54) is 5.56 Å². The van der Waals surface area contributed by atoms with E-state index < -0.39 is 0 Å². The molecular weight excluding hydrogens is 304 g/mol. The molecule has 2 N–H and O–H groups in total. The Morgan fingerprint density at radius 1 is 1.33 bits per heavy atom. The minimum atomic E-state index is -0.331. The lowest BCUT2D eigenvalue weighted by atomic mass is 10.0. The van der Waals surface area contributed by atoms with E-state index in [0.717, 1.165) is 43.2 Å². The zero-order valence-electron chi connectivity index (χ0n) is 14.1. The highest BCUT2D eigenvalue weighted by molar-refractivity contribution is 5.81. The first-order valence-corrected chi connectivity index (χ1v) is 8.64. The third-order valence-electron chi connectivity index (χ3n) is 4.85. The van der Waals surface area contributed by atoms with Crippen LogP contribution in [0.5, 0.6) is 0 Å². The van der Waals surface area contributed by atoms with Crippen LogP contribution in [0.2, 0.25) is 0 Å². The number of hydrogen-bond acceptors (Lipinski definition) is 4. The van der Waals surface area contributed by atoms with Gasteiger partial charge in [0.05, 0.1) is 5.92 Å². The molecule has 0 radical (unpaired) electrons. The molecule has 1 unspecified atom stereocenters. The van der Waals surface area contributed by atoms with Crippen molar-refractivity contribution in [2.24, 2.45) is 11.7 Å². The summed E-state index contributed by atoms with van der Waals surface area (Å²) in [5.41, 5.74) is 7.98. The molecule has 5 nitrogen and oxygen atoms in total. The highest BCUT2D eigenvalue weighted by Gasteiger charge is 2.23. The Morgan fingerprint density at radius 2 is 2.17 bits per heavy atom. The summed E-state index contributed by atoms with van der Waals surface area (Å²) in [5, 5.41) is 0.980. The number of primary amides is 1. The van der Waals surface area contributed by atoms with Gasteiger partial charge in [0.2, 0.25) is 5.91 Å². The van der Waals surface area contributed by atoms with Crippen molar-refractivity contribution >= 4 is 16.9 Å². The minimum absolute atomic E-state index is 0.106. The molecule has 24 heavy (non-hydrogen) atoms. The third kappa shape index (κ3) is 3.67. The molecule has 3 rings (SSSR count). The maximum atomic E-state index is 11.9. The van der Waals surface area contributed by atoms with Crippen molar-refractivity contribution in [2.45, 2.75) is 39.2 Å². The molecule has 1 fully saturated rings. The molecule has 0 aliphatic carbocycles. The zero-order valence-corrected chi connectivity index (χ0v) is 14.1. The Kier molecular flexibility index (Phi) is 5.00. The molecule has 1 amide bonds. The number of carbonyl (C=O) groups excluding carboxylic acids is 1. The summed E-state index contributed by atoms with van der Waals surface area (Å²) in [6.07, 6.45) is 3.84. The number of benzene rings is 1. The lowest BCUT2D eigenvalue weighted by Crippen LogP contribution is -2.34. The van der Waals surface area contributed by atoms with E-state index in [4.69, 9.17) is 10.2 Å². The fraction of sp³-hybridized carbons (Fsp3) is 0.474. The van der Waals surface area contributed by atoms with E-state index in [1.54, 1.807) is 6.07 Å². The predicted molar refractivity (Wildman–Crippen MR) is 93.7 cm³/mol. The van der Waals surface area contributed by atoms with Gasteiger partial charge in [-0.15, -0.1) is 0 Å². The van der Waals surface area contributed by atoms with Crippen LogP contribution in [0.4, 0.5) is 0 Å². The van der Waals surface area contributed by atoms with Crippen molar-refractivity contribution < 1.29 is 9.21 Å². The van der Waals surface area contributed by atoms with Crippen LogP contribution in [-0.4, -0.2) is 23.9 Å². The number of carbonyl (C=O) groups is 1. The molecular formula is C19H24N2O3. The number of hydrogen-bond donors (Lipinski definition) is 1. The van der Waals surface area contributed by atoms with Crippen LogP contribution in [0.25, 0.3) is 11.0 Å². The van der Waals surface area contributed by atoms with Crippen LogP contribution in [0, 0.1) is 5.92 Å². The van der Waals surface area contributed by atoms with E-state index in [0.29, 0.717) is 18.7 Å². The summed E-state index contributed by atoms with van der Waals surface area (Å²) < 4.78 is 5.33. The highest BCUT2D eigenvalue weighted by atomic mass is 16.4. The zero-order chi connectivity index (χ0) is 17.1. The van der Waals surface area contributed by atoms with E-state index in [2.05, 4.69) is 17.9 Å². The Balaban J connectivity index is 1.93. The molecule has 1 saturated heterocycles. The Hall–Kier alpha value is -2.14. The molecule has 2 aromatic rings. The Morgan fingerprint density at radius 3 is 2.92 bits per heavy atom. The normalized spacial score (nSPS) is 19.3. The second-order valence-electron chi connectivity index (χ2n) is 6.60. The smallest absolute Gasteiger partial charge is 0.336 e. The highest BCUT2D eigenvalue weighted by Crippen LogP contribution is 2.23. The third-order valence-corrected chi connectivity index (χ3v) is 4.85. The van der Waals surface area contributed by atoms with Crippen LogP contribution in [0.3, 0.4) is 0 Å². The average molecular weight is 328 g/mol. The van der Waals surface area contributed by atoms with Crippen molar-refractivity contribution in [1.82, 2.24) is 4.90 Å². The van der Waals surface area contributed by atoms with Crippen LogP contribution in [0.1, 0.15) is 37.3 Å². The molecule has 0 bridgehead atoms. The van der Waals surface area contributed by atoms with Crippen molar-refractivity contribution in [3.8, 4) is 0 Å². The van der Waals surface area contributed by atoms with Crippen LogP contribution < -0.4 is 11.4 Å². The maximum absolute atomic E-state index is 11.9. The summed E-state index contributed by atoms with van der Waals surface area (Å²) >= 11 is 0. The summed E-state index contributed by atoms with van der Waals surface area (Å²) in [6.45, 7) is 4.31. The second kappa shape index (κ2) is 7.18. The van der Waals surface area contributed by atoms with Crippen molar-refractivity contribution in [3.05, 3.63) is 45.8 Å². The van der Waals surface area contributed by atoms with E-state index in [-0.39, 0.29) is 17.5 Å². The van der Waals surface area contributed by atoms with Gasteiger partial charge in [-0.1, -0.05) is 19.4 Å². The molecule has 0 saturated carbocycles. The van der Waals surface area contributed by atoms with Gasteiger partial charge in [-0.3, -0.25) is 9.69 Å². The number of amides is 1. The van der Waals surface area contributed by atoms with Crippen LogP contribution in [0.15, 0.2) is 33.5 Å². The molecule has 1 aromatic carbocycles. The summed E-state index contributed by atoms with van der Waals surface area (Å²) in [4.78, 5) is 25.7. The number of rotatable bonds is 4. The largest absolute Gasteiger partial charge is 0.423 e. The fourth-order valence-electron chi connectivity index (χ4n) is 3.46. The summed E-state index contributed by atoms with van der Waals surface area (Å²) in [6, 6.07) is 7.53. The van der Waals surface area contributed by atoms with Gasteiger partial charge in [0.25, 0.3) is 0 Å². The number of aryl methyl sites for hydroxylation is 1. The quantitative estimate of drug-likeness (QED) is 0.875. The number of nitrogens with two attached hydrogens (primary N) is 1. The average Bonchev–Trinajstić information content (AvgIpc) is 2.80. The first kappa shape index (κ1) is 16.7. The van der Waals surface area contributed by atoms with Crippen molar-refractivity contribution in [2.75, 3.05) is 13.1 Å². The molecule has 128 valence electrons. The van der Waals surface area contributed by atoms with Crippen LogP contribution in [-0.2, 0) is 17.8 Å². The molecule has 2 heterocycles. The second-order valence-corrected chi connectivity index (χ2v) is 6.60. The lowest BCUT2D eigenvalue weighted by molar-refractivity contribution is -0.122. The van der Waals surface area contributed by atoms with Gasteiger partial charge >= 0.3 is 5.63 Å². The first-order valence-electron chi connectivity index (χ1n) is 8.64. The SMILES string of the molecule is CCc1ccc2oc(=O)cc(CN3CCCCC(C(N)=O)C3)c2c1. The first-order chi connectivity index (χ1) is 11.6. The summed E-state index contributed by atoms with van der Waals surface area (Å²) in [7, 11) is 0. The van der Waals surface area contributed by atoms with E-state index in [1.807, 2.05) is 12.1 Å². The monoisotopic (exact) mass is 328 g/mol. The molecule has 0 spiro atoms. The van der Waals surface area contributed by atoms with Gasteiger partial charge < -0.3 is 10.2 Å². The molecule has 1 aromatic heterocycles. The van der Waals surface area contributed by atoms with E-state index >= 15 is 0 Å². The van der Waals surface area contributed by atoms with Gasteiger partial charge in [-0.2, -0.15) is 0 Å². The van der Waals surface area contributed by atoms with Crippen molar-refractivity contribution in [1.29, 1.82) is 0 Å².